The number of fused-ring (bicyclic) bond motifs is 3. The largest absolute Gasteiger partial charge is 0.255 e. The predicted octanol–water partition coefficient (Wildman–Crippen LogP) is 5.89. The normalized spacial score (nSPS) is 11.7. The maximum absolute atomic E-state index is 13.6. The van der Waals surface area contributed by atoms with Crippen LogP contribution in [0.5, 0.6) is 0 Å². The van der Waals surface area contributed by atoms with Crippen LogP contribution in [-0.2, 0) is 9.84 Å². The minimum absolute atomic E-state index is 0.221. The lowest BCUT2D eigenvalue weighted by Crippen LogP contribution is -2.05. The molecule has 0 atom stereocenters. The van der Waals surface area contributed by atoms with Crippen LogP contribution in [0, 0.1) is 0 Å². The Balaban J connectivity index is 1.97. The number of hydrogen-bond donors (Lipinski definition) is 0. The first-order valence-corrected chi connectivity index (χ1v) is 10.8. The molecule has 5 aromatic rings. The van der Waals surface area contributed by atoms with Gasteiger partial charge in [0.15, 0.2) is 0 Å². The molecule has 0 spiro atoms. The molecular weight excluding hydrogens is 378 g/mol. The average molecular weight is 395 g/mol. The van der Waals surface area contributed by atoms with E-state index in [-0.39, 0.29) is 9.79 Å². The summed E-state index contributed by atoms with van der Waals surface area (Å²) >= 11 is 0. The predicted molar refractivity (Wildman–Crippen MR) is 117 cm³/mol. The van der Waals surface area contributed by atoms with Gasteiger partial charge in [0.1, 0.15) is 0 Å². The zero-order valence-electron chi connectivity index (χ0n) is 15.5. The van der Waals surface area contributed by atoms with Crippen molar-refractivity contribution < 1.29 is 8.42 Å². The lowest BCUT2D eigenvalue weighted by Gasteiger charge is -2.15. The molecule has 1 aromatic heterocycles. The highest BCUT2D eigenvalue weighted by Crippen LogP contribution is 2.39. The van der Waals surface area contributed by atoms with Gasteiger partial charge in [-0.2, -0.15) is 0 Å². The molecule has 0 N–H and O–H groups in total. The molecular formula is C25H17NO2S. The summed E-state index contributed by atoms with van der Waals surface area (Å²) in [6, 6.07) is 30.1. The molecule has 140 valence electrons. The van der Waals surface area contributed by atoms with Gasteiger partial charge in [0.2, 0.25) is 9.84 Å². The zero-order chi connectivity index (χ0) is 19.8. The highest BCUT2D eigenvalue weighted by atomic mass is 32.2. The minimum atomic E-state index is -3.74. The summed E-state index contributed by atoms with van der Waals surface area (Å²) in [5, 5.41) is 2.89. The Morgan fingerprint density at radius 2 is 1.31 bits per heavy atom. The molecule has 0 bridgehead atoms. The number of sulfone groups is 1. The summed E-state index contributed by atoms with van der Waals surface area (Å²) in [6.45, 7) is 0. The van der Waals surface area contributed by atoms with Crippen LogP contribution in [0.25, 0.3) is 32.8 Å². The quantitative estimate of drug-likeness (QED) is 0.358. The second-order valence-corrected chi connectivity index (χ2v) is 8.78. The first-order chi connectivity index (χ1) is 14.2. The smallest absolute Gasteiger partial charge is 0.208 e. The Morgan fingerprint density at radius 1 is 0.655 bits per heavy atom. The van der Waals surface area contributed by atoms with E-state index in [0.717, 1.165) is 27.2 Å². The summed E-state index contributed by atoms with van der Waals surface area (Å²) in [6.07, 6.45) is 1.49. The van der Waals surface area contributed by atoms with E-state index in [1.54, 1.807) is 24.3 Å². The fourth-order valence-corrected chi connectivity index (χ4v) is 5.22. The topological polar surface area (TPSA) is 47.0 Å². The molecule has 0 amide bonds. The van der Waals surface area contributed by atoms with Crippen molar-refractivity contribution in [1.82, 2.24) is 4.98 Å². The van der Waals surface area contributed by atoms with Crippen LogP contribution in [0.1, 0.15) is 0 Å². The van der Waals surface area contributed by atoms with Crippen molar-refractivity contribution in [3.05, 3.63) is 103 Å². The highest BCUT2D eigenvalue weighted by Gasteiger charge is 2.25. The molecule has 1 heterocycles. The van der Waals surface area contributed by atoms with E-state index in [4.69, 9.17) is 0 Å². The Bertz CT molecular complexity index is 1440. The van der Waals surface area contributed by atoms with Gasteiger partial charge in [0.25, 0.3) is 0 Å². The molecule has 0 aliphatic heterocycles. The van der Waals surface area contributed by atoms with Crippen LogP contribution in [0.2, 0.25) is 0 Å². The molecule has 0 saturated carbocycles. The minimum Gasteiger partial charge on any atom is -0.255 e. The van der Waals surface area contributed by atoms with Gasteiger partial charge < -0.3 is 0 Å². The van der Waals surface area contributed by atoms with Crippen LogP contribution in [-0.4, -0.2) is 13.4 Å². The van der Waals surface area contributed by atoms with E-state index in [0.29, 0.717) is 5.56 Å². The van der Waals surface area contributed by atoms with Crippen LogP contribution >= 0.6 is 0 Å². The van der Waals surface area contributed by atoms with Crippen LogP contribution in [0.3, 0.4) is 0 Å². The monoisotopic (exact) mass is 395 g/mol. The van der Waals surface area contributed by atoms with Crippen LogP contribution in [0.4, 0.5) is 0 Å². The van der Waals surface area contributed by atoms with E-state index < -0.39 is 9.84 Å². The standard InChI is InChI=1S/C25H17NO2S/c27-29(28,20-12-5-2-6-13-20)23-17-26-22-16-15-18-9-7-8-14-21(18)25(22)24(23)19-10-3-1-4-11-19/h1-17H. The van der Waals surface area contributed by atoms with E-state index in [2.05, 4.69) is 4.98 Å². The third-order valence-electron chi connectivity index (χ3n) is 5.13. The third kappa shape index (κ3) is 2.89. The van der Waals surface area contributed by atoms with E-state index >= 15 is 0 Å². The molecule has 0 unspecified atom stereocenters. The Hall–Kier alpha value is -3.50. The molecule has 0 aliphatic rings. The molecule has 3 nitrogen and oxygen atoms in total. The number of nitrogens with zero attached hydrogens (tertiary/aromatic N) is 1. The Kier molecular flexibility index (Phi) is 4.14. The van der Waals surface area contributed by atoms with E-state index in [1.807, 2.05) is 72.8 Å². The highest BCUT2D eigenvalue weighted by molar-refractivity contribution is 7.91. The summed E-state index contributed by atoms with van der Waals surface area (Å²) < 4.78 is 27.1. The van der Waals surface area contributed by atoms with Crippen molar-refractivity contribution in [2.45, 2.75) is 9.79 Å². The first kappa shape index (κ1) is 17.6. The summed E-state index contributed by atoms with van der Waals surface area (Å²) in [5.41, 5.74) is 2.32. The number of hydrogen-bond acceptors (Lipinski definition) is 3. The average Bonchev–Trinajstić information content (AvgIpc) is 2.79. The lowest BCUT2D eigenvalue weighted by molar-refractivity contribution is 0.596. The van der Waals surface area contributed by atoms with Gasteiger partial charge in [-0.3, -0.25) is 4.98 Å². The van der Waals surface area contributed by atoms with Gasteiger partial charge >= 0.3 is 0 Å². The van der Waals surface area contributed by atoms with Gasteiger partial charge in [0, 0.05) is 17.1 Å². The van der Waals surface area contributed by atoms with Crippen molar-refractivity contribution >= 4 is 31.5 Å². The summed E-state index contributed by atoms with van der Waals surface area (Å²) in [4.78, 5) is 5.01. The molecule has 0 fully saturated rings. The molecule has 0 saturated heterocycles. The Labute approximate surface area is 169 Å². The number of rotatable bonds is 3. The van der Waals surface area contributed by atoms with E-state index in [9.17, 15) is 8.42 Å². The third-order valence-corrected chi connectivity index (χ3v) is 6.91. The summed E-state index contributed by atoms with van der Waals surface area (Å²) in [5.74, 6) is 0. The van der Waals surface area contributed by atoms with Crippen molar-refractivity contribution in [1.29, 1.82) is 0 Å². The zero-order valence-corrected chi connectivity index (χ0v) is 16.3. The summed E-state index contributed by atoms with van der Waals surface area (Å²) in [7, 11) is -3.74. The number of aromatic nitrogens is 1. The van der Waals surface area contributed by atoms with Crippen LogP contribution in [0.15, 0.2) is 113 Å². The van der Waals surface area contributed by atoms with Crippen molar-refractivity contribution in [2.24, 2.45) is 0 Å². The fourth-order valence-electron chi connectivity index (χ4n) is 3.77. The number of benzene rings is 4. The SMILES string of the molecule is O=S(=O)(c1ccccc1)c1cnc2ccc3ccccc3c2c1-c1ccccc1. The van der Waals surface area contributed by atoms with Gasteiger partial charge in [-0.15, -0.1) is 0 Å². The van der Waals surface area contributed by atoms with Crippen LogP contribution < -0.4 is 0 Å². The Morgan fingerprint density at radius 3 is 2.07 bits per heavy atom. The van der Waals surface area contributed by atoms with Crippen molar-refractivity contribution in [2.75, 3.05) is 0 Å². The van der Waals surface area contributed by atoms with Gasteiger partial charge in [0.05, 0.1) is 15.3 Å². The van der Waals surface area contributed by atoms with Crippen molar-refractivity contribution in [3.63, 3.8) is 0 Å². The first-order valence-electron chi connectivity index (χ1n) is 9.32. The maximum atomic E-state index is 13.6. The molecule has 5 rings (SSSR count). The molecule has 29 heavy (non-hydrogen) atoms. The van der Waals surface area contributed by atoms with E-state index in [1.165, 1.54) is 6.20 Å². The molecule has 4 aromatic carbocycles. The van der Waals surface area contributed by atoms with Gasteiger partial charge in [-0.05, 0) is 34.5 Å². The lowest BCUT2D eigenvalue weighted by atomic mass is 9.96. The van der Waals surface area contributed by atoms with Gasteiger partial charge in [-0.25, -0.2) is 8.42 Å². The van der Waals surface area contributed by atoms with Crippen molar-refractivity contribution in [3.8, 4) is 11.1 Å². The maximum Gasteiger partial charge on any atom is 0.208 e. The second-order valence-electron chi connectivity index (χ2n) is 6.86. The second kappa shape index (κ2) is 6.83. The fraction of sp³-hybridized carbons (Fsp3) is 0. The van der Waals surface area contributed by atoms with Gasteiger partial charge in [-0.1, -0.05) is 78.9 Å². The molecule has 0 aliphatic carbocycles. The number of pyridine rings is 1. The molecule has 4 heteroatoms. The molecule has 0 radical (unpaired) electrons.